The third-order valence-corrected chi connectivity index (χ3v) is 4.92. The number of benzene rings is 1. The van der Waals surface area contributed by atoms with E-state index in [0.29, 0.717) is 12.2 Å². The number of aromatic nitrogens is 3. The summed E-state index contributed by atoms with van der Waals surface area (Å²) in [5.41, 5.74) is 1.45. The van der Waals surface area contributed by atoms with Crippen LogP contribution in [0.25, 0.3) is 10.9 Å². The molecule has 7 heteroatoms. The van der Waals surface area contributed by atoms with Crippen molar-refractivity contribution in [3.8, 4) is 5.75 Å². The normalized spacial score (nSPS) is 15.0. The minimum Gasteiger partial charge on any atom is -0.497 e. The zero-order valence-corrected chi connectivity index (χ0v) is 15.6. The first-order chi connectivity index (χ1) is 13.1. The summed E-state index contributed by atoms with van der Waals surface area (Å²) in [7, 11) is 3.49. The van der Waals surface area contributed by atoms with Gasteiger partial charge in [-0.2, -0.15) is 5.10 Å². The summed E-state index contributed by atoms with van der Waals surface area (Å²) in [6.45, 7) is 3.03. The molecule has 2 aromatic heterocycles. The van der Waals surface area contributed by atoms with Crippen LogP contribution in [0, 0.1) is 0 Å². The lowest BCUT2D eigenvalue weighted by atomic mass is 10.2. The molecule has 0 bridgehead atoms. The van der Waals surface area contributed by atoms with Crippen molar-refractivity contribution in [1.29, 1.82) is 0 Å². The molecule has 140 valence electrons. The molecule has 0 N–H and O–H groups in total. The van der Waals surface area contributed by atoms with Crippen molar-refractivity contribution in [2.45, 2.75) is 6.42 Å². The highest BCUT2D eigenvalue weighted by atomic mass is 16.5. The van der Waals surface area contributed by atoms with Gasteiger partial charge in [-0.3, -0.25) is 9.48 Å². The van der Waals surface area contributed by atoms with Crippen molar-refractivity contribution in [2.75, 3.05) is 38.2 Å². The number of fused-ring (bicyclic) bond motifs is 1. The largest absolute Gasteiger partial charge is 0.497 e. The van der Waals surface area contributed by atoms with Gasteiger partial charge in [0.15, 0.2) is 0 Å². The maximum absolute atomic E-state index is 12.6. The minimum atomic E-state index is -0.00369. The molecule has 0 unspecified atom stereocenters. The van der Waals surface area contributed by atoms with Crippen LogP contribution in [0.3, 0.4) is 0 Å². The highest BCUT2D eigenvalue weighted by Gasteiger charge is 2.22. The number of hydrogen-bond donors (Lipinski definition) is 0. The van der Waals surface area contributed by atoms with Crippen LogP contribution in [0.4, 0.5) is 5.82 Å². The van der Waals surface area contributed by atoms with Crippen LogP contribution in [-0.4, -0.2) is 58.9 Å². The average Bonchev–Trinajstić information content (AvgIpc) is 2.98. The van der Waals surface area contributed by atoms with Crippen LogP contribution in [-0.2, 0) is 7.05 Å². The molecule has 0 atom stereocenters. The third-order valence-electron chi connectivity index (χ3n) is 4.92. The van der Waals surface area contributed by atoms with E-state index in [9.17, 15) is 4.79 Å². The smallest absolute Gasteiger partial charge is 0.274 e. The van der Waals surface area contributed by atoms with Crippen molar-refractivity contribution in [3.05, 3.63) is 48.3 Å². The first-order valence-electron chi connectivity index (χ1n) is 9.13. The number of carbonyl (C=O) groups is 1. The molecule has 1 fully saturated rings. The maximum atomic E-state index is 12.6. The number of ether oxygens (including phenoxy) is 1. The fourth-order valence-electron chi connectivity index (χ4n) is 3.44. The average molecular weight is 365 g/mol. The standard InChI is InChI=1S/C20H23N5O2/c1-23-11-8-18(22-23)20(26)25-10-3-9-24(12-13-25)19-7-4-15-14-16(27-2)5-6-17(15)21-19/h4-8,11,14H,3,9-10,12-13H2,1-2H3. The Morgan fingerprint density at radius 3 is 2.74 bits per heavy atom. The number of aryl methyl sites for hydroxylation is 1. The first-order valence-corrected chi connectivity index (χ1v) is 9.13. The fraction of sp³-hybridized carbons (Fsp3) is 0.350. The molecule has 0 radical (unpaired) electrons. The predicted octanol–water partition coefficient (Wildman–Crippen LogP) is 2.33. The Morgan fingerprint density at radius 1 is 1.07 bits per heavy atom. The number of hydrogen-bond acceptors (Lipinski definition) is 5. The van der Waals surface area contributed by atoms with Crippen LogP contribution in [0.15, 0.2) is 42.6 Å². The second-order valence-electron chi connectivity index (χ2n) is 6.74. The summed E-state index contributed by atoms with van der Waals surface area (Å²) in [4.78, 5) is 21.6. The summed E-state index contributed by atoms with van der Waals surface area (Å²) >= 11 is 0. The van der Waals surface area contributed by atoms with E-state index in [0.717, 1.165) is 48.5 Å². The molecule has 1 amide bonds. The molecule has 1 saturated heterocycles. The number of methoxy groups -OCH3 is 1. The molecule has 1 aromatic carbocycles. The van der Waals surface area contributed by atoms with Crippen LogP contribution >= 0.6 is 0 Å². The minimum absolute atomic E-state index is 0.00369. The van der Waals surface area contributed by atoms with Crippen molar-refractivity contribution in [2.24, 2.45) is 7.05 Å². The highest BCUT2D eigenvalue weighted by molar-refractivity contribution is 5.92. The van der Waals surface area contributed by atoms with Gasteiger partial charge in [-0.1, -0.05) is 0 Å². The molecule has 27 heavy (non-hydrogen) atoms. The van der Waals surface area contributed by atoms with E-state index in [4.69, 9.17) is 9.72 Å². The van der Waals surface area contributed by atoms with E-state index in [-0.39, 0.29) is 5.91 Å². The van der Waals surface area contributed by atoms with E-state index < -0.39 is 0 Å². The number of carbonyl (C=O) groups excluding carboxylic acids is 1. The van der Waals surface area contributed by atoms with E-state index in [2.05, 4.69) is 16.1 Å². The van der Waals surface area contributed by atoms with Gasteiger partial charge >= 0.3 is 0 Å². The molecular formula is C20H23N5O2. The Hall–Kier alpha value is -3.09. The molecule has 0 aliphatic carbocycles. The van der Waals surface area contributed by atoms with Crippen LogP contribution in [0.5, 0.6) is 5.75 Å². The van der Waals surface area contributed by atoms with E-state index in [1.807, 2.05) is 36.2 Å². The summed E-state index contributed by atoms with van der Waals surface area (Å²) in [5, 5.41) is 5.29. The van der Waals surface area contributed by atoms with Gasteiger partial charge in [-0.05, 0) is 42.8 Å². The Morgan fingerprint density at radius 2 is 1.96 bits per heavy atom. The van der Waals surface area contributed by atoms with Crippen molar-refractivity contribution in [1.82, 2.24) is 19.7 Å². The van der Waals surface area contributed by atoms with Crippen molar-refractivity contribution >= 4 is 22.6 Å². The van der Waals surface area contributed by atoms with Gasteiger partial charge in [0.2, 0.25) is 0 Å². The number of nitrogens with zero attached hydrogens (tertiary/aromatic N) is 5. The summed E-state index contributed by atoms with van der Waals surface area (Å²) in [6, 6.07) is 11.8. The molecular weight excluding hydrogens is 342 g/mol. The number of rotatable bonds is 3. The van der Waals surface area contributed by atoms with Gasteiger partial charge in [0.05, 0.1) is 12.6 Å². The van der Waals surface area contributed by atoms with Gasteiger partial charge < -0.3 is 14.5 Å². The van der Waals surface area contributed by atoms with Gasteiger partial charge in [0, 0.05) is 44.8 Å². The Bertz CT molecular complexity index is 968. The molecule has 3 aromatic rings. The van der Waals surface area contributed by atoms with E-state index in [1.54, 1.807) is 24.1 Å². The molecule has 3 heterocycles. The molecule has 1 aliphatic heterocycles. The maximum Gasteiger partial charge on any atom is 0.274 e. The monoisotopic (exact) mass is 365 g/mol. The van der Waals surface area contributed by atoms with Gasteiger partial charge in [-0.15, -0.1) is 0 Å². The summed E-state index contributed by atoms with van der Waals surface area (Å²) in [5.74, 6) is 1.77. The lowest BCUT2D eigenvalue weighted by Crippen LogP contribution is -2.35. The van der Waals surface area contributed by atoms with Crippen LogP contribution in [0.1, 0.15) is 16.9 Å². The molecule has 0 spiro atoms. The second kappa shape index (κ2) is 7.26. The molecule has 1 aliphatic rings. The fourth-order valence-corrected chi connectivity index (χ4v) is 3.44. The Labute approximate surface area is 158 Å². The lowest BCUT2D eigenvalue weighted by molar-refractivity contribution is 0.0760. The third kappa shape index (κ3) is 3.58. The van der Waals surface area contributed by atoms with Gasteiger partial charge in [-0.25, -0.2) is 4.98 Å². The van der Waals surface area contributed by atoms with Crippen LogP contribution in [0.2, 0.25) is 0 Å². The van der Waals surface area contributed by atoms with E-state index >= 15 is 0 Å². The van der Waals surface area contributed by atoms with E-state index in [1.165, 1.54) is 0 Å². The first kappa shape index (κ1) is 17.3. The zero-order valence-electron chi connectivity index (χ0n) is 15.6. The SMILES string of the molecule is COc1ccc2nc(N3CCCN(C(=O)c4ccn(C)n4)CC3)ccc2c1. The van der Waals surface area contributed by atoms with Gasteiger partial charge in [0.1, 0.15) is 17.3 Å². The topological polar surface area (TPSA) is 63.5 Å². The number of pyridine rings is 1. The number of anilines is 1. The summed E-state index contributed by atoms with van der Waals surface area (Å²) < 4.78 is 6.93. The number of amides is 1. The Kier molecular flexibility index (Phi) is 4.66. The van der Waals surface area contributed by atoms with Crippen molar-refractivity contribution < 1.29 is 9.53 Å². The summed E-state index contributed by atoms with van der Waals surface area (Å²) in [6.07, 6.45) is 2.70. The Balaban J connectivity index is 1.49. The molecule has 4 rings (SSSR count). The zero-order chi connectivity index (χ0) is 18.8. The lowest BCUT2D eigenvalue weighted by Gasteiger charge is -2.22. The van der Waals surface area contributed by atoms with Gasteiger partial charge in [0.25, 0.3) is 5.91 Å². The molecule has 7 nitrogen and oxygen atoms in total. The molecule has 0 saturated carbocycles. The highest BCUT2D eigenvalue weighted by Crippen LogP contribution is 2.23. The second-order valence-corrected chi connectivity index (χ2v) is 6.74. The van der Waals surface area contributed by atoms with Crippen LogP contribution < -0.4 is 9.64 Å². The van der Waals surface area contributed by atoms with Crippen molar-refractivity contribution in [3.63, 3.8) is 0 Å². The predicted molar refractivity (Wildman–Crippen MR) is 104 cm³/mol. The quantitative estimate of drug-likeness (QED) is 0.713.